The number of hydrogen-bond acceptors (Lipinski definition) is 4. The summed E-state index contributed by atoms with van der Waals surface area (Å²) < 4.78 is 1.88. The van der Waals surface area contributed by atoms with Gasteiger partial charge in [-0.05, 0) is 24.3 Å². The average Bonchev–Trinajstić information content (AvgIpc) is 2.75. The summed E-state index contributed by atoms with van der Waals surface area (Å²) in [4.78, 5) is 12.5. The third kappa shape index (κ3) is 1.89. The lowest BCUT2D eigenvalue weighted by Crippen LogP contribution is -1.98. The topological polar surface area (TPSA) is 55.6 Å². The summed E-state index contributed by atoms with van der Waals surface area (Å²) in [5.74, 6) is 0.724. The second-order valence-electron chi connectivity index (χ2n) is 3.88. The van der Waals surface area contributed by atoms with Crippen molar-refractivity contribution in [3.05, 3.63) is 41.9 Å². The Balaban J connectivity index is 2.04. The lowest BCUT2D eigenvalue weighted by atomic mass is 10.3. The largest absolute Gasteiger partial charge is 0.338 e. The van der Waals surface area contributed by atoms with Crippen molar-refractivity contribution in [2.75, 3.05) is 5.32 Å². The third-order valence-corrected chi connectivity index (χ3v) is 2.87. The van der Waals surface area contributed by atoms with Crippen LogP contribution >= 0.6 is 11.6 Å². The van der Waals surface area contributed by atoms with Gasteiger partial charge in [0, 0.05) is 17.8 Å². The molecule has 0 saturated heterocycles. The van der Waals surface area contributed by atoms with E-state index in [1.807, 2.05) is 35.9 Å². The van der Waals surface area contributed by atoms with Gasteiger partial charge in [0.2, 0.25) is 0 Å². The van der Waals surface area contributed by atoms with Crippen LogP contribution in [0.25, 0.3) is 11.2 Å². The maximum absolute atomic E-state index is 5.85. The number of fused-ring (bicyclic) bond motifs is 1. The Labute approximate surface area is 108 Å². The second-order valence-corrected chi connectivity index (χ2v) is 4.32. The third-order valence-electron chi connectivity index (χ3n) is 2.62. The number of nitrogens with zero attached hydrogens (tertiary/aromatic N) is 4. The van der Waals surface area contributed by atoms with Crippen molar-refractivity contribution in [2.24, 2.45) is 7.05 Å². The van der Waals surface area contributed by atoms with Gasteiger partial charge in [0.25, 0.3) is 0 Å². The van der Waals surface area contributed by atoms with Crippen LogP contribution in [0.5, 0.6) is 0 Å². The molecule has 1 aromatic carbocycles. The fourth-order valence-corrected chi connectivity index (χ4v) is 1.88. The van der Waals surface area contributed by atoms with E-state index >= 15 is 0 Å². The predicted octanol–water partition coefficient (Wildman–Crippen LogP) is 2.76. The lowest BCUT2D eigenvalue weighted by molar-refractivity contribution is 0.945. The zero-order valence-corrected chi connectivity index (χ0v) is 10.4. The second kappa shape index (κ2) is 4.27. The Morgan fingerprint density at radius 1 is 1.11 bits per heavy atom. The van der Waals surface area contributed by atoms with Crippen LogP contribution in [0.2, 0.25) is 5.02 Å². The molecule has 6 heteroatoms. The first-order chi connectivity index (χ1) is 8.74. The number of aromatic nitrogens is 4. The number of aryl methyl sites for hydroxylation is 1. The SMILES string of the molecule is Cn1cnc2ncnc(Nc3ccc(Cl)cc3)c21. The molecule has 0 fully saturated rings. The van der Waals surface area contributed by atoms with E-state index in [0.29, 0.717) is 10.7 Å². The molecule has 0 aliphatic heterocycles. The summed E-state index contributed by atoms with van der Waals surface area (Å²) >= 11 is 5.85. The van der Waals surface area contributed by atoms with Crippen LogP contribution in [0, 0.1) is 0 Å². The predicted molar refractivity (Wildman–Crippen MR) is 71.0 cm³/mol. The molecule has 90 valence electrons. The first kappa shape index (κ1) is 11.0. The monoisotopic (exact) mass is 259 g/mol. The van der Waals surface area contributed by atoms with E-state index in [9.17, 15) is 0 Å². The van der Waals surface area contributed by atoms with E-state index in [4.69, 9.17) is 11.6 Å². The molecule has 2 aromatic heterocycles. The van der Waals surface area contributed by atoms with Gasteiger partial charge in [-0.15, -0.1) is 0 Å². The lowest BCUT2D eigenvalue weighted by Gasteiger charge is -2.07. The van der Waals surface area contributed by atoms with Gasteiger partial charge >= 0.3 is 0 Å². The molecular weight excluding hydrogens is 250 g/mol. The van der Waals surface area contributed by atoms with E-state index in [1.54, 1.807) is 6.33 Å². The van der Waals surface area contributed by atoms with Gasteiger partial charge in [-0.3, -0.25) is 0 Å². The number of anilines is 2. The first-order valence-electron chi connectivity index (χ1n) is 5.38. The fraction of sp³-hybridized carbons (Fsp3) is 0.0833. The smallest absolute Gasteiger partial charge is 0.182 e. The van der Waals surface area contributed by atoms with Crippen molar-refractivity contribution >= 4 is 34.3 Å². The Hall–Kier alpha value is -2.14. The molecular formula is C12H10ClN5. The van der Waals surface area contributed by atoms with Crippen LogP contribution in [0.3, 0.4) is 0 Å². The van der Waals surface area contributed by atoms with Gasteiger partial charge < -0.3 is 9.88 Å². The van der Waals surface area contributed by atoms with E-state index in [0.717, 1.165) is 17.0 Å². The highest BCUT2D eigenvalue weighted by atomic mass is 35.5. The number of nitrogens with one attached hydrogen (secondary N) is 1. The Morgan fingerprint density at radius 2 is 1.89 bits per heavy atom. The van der Waals surface area contributed by atoms with Crippen molar-refractivity contribution in [1.29, 1.82) is 0 Å². The molecule has 0 aliphatic carbocycles. The molecule has 0 aliphatic rings. The van der Waals surface area contributed by atoms with Crippen LogP contribution in [-0.2, 0) is 7.05 Å². The van der Waals surface area contributed by atoms with Gasteiger partial charge in [-0.2, -0.15) is 0 Å². The summed E-state index contributed by atoms with van der Waals surface area (Å²) in [5.41, 5.74) is 2.46. The van der Waals surface area contributed by atoms with Gasteiger partial charge in [-0.1, -0.05) is 11.6 Å². The minimum Gasteiger partial charge on any atom is -0.338 e. The molecule has 1 N–H and O–H groups in total. The van der Waals surface area contributed by atoms with Crippen molar-refractivity contribution in [3.8, 4) is 0 Å². The molecule has 0 amide bonds. The maximum atomic E-state index is 5.85. The molecule has 0 bridgehead atoms. The van der Waals surface area contributed by atoms with Crippen molar-refractivity contribution in [2.45, 2.75) is 0 Å². The maximum Gasteiger partial charge on any atom is 0.182 e. The minimum absolute atomic E-state index is 0.670. The van der Waals surface area contributed by atoms with E-state index in [2.05, 4.69) is 20.3 Å². The number of rotatable bonds is 2. The minimum atomic E-state index is 0.670. The highest BCUT2D eigenvalue weighted by molar-refractivity contribution is 6.30. The summed E-state index contributed by atoms with van der Waals surface area (Å²) in [5, 5.41) is 3.93. The Kier molecular flexibility index (Phi) is 2.60. The van der Waals surface area contributed by atoms with Crippen LogP contribution in [0.15, 0.2) is 36.9 Å². The molecule has 2 heterocycles. The van der Waals surface area contributed by atoms with Gasteiger partial charge in [0.05, 0.1) is 6.33 Å². The van der Waals surface area contributed by atoms with E-state index in [1.165, 1.54) is 6.33 Å². The number of imidazole rings is 1. The standard InChI is InChI=1S/C12H10ClN5/c1-18-7-16-11-10(18)12(15-6-14-11)17-9-4-2-8(13)3-5-9/h2-7H,1H3,(H,14,15,17). The molecule has 0 saturated carbocycles. The average molecular weight is 260 g/mol. The first-order valence-corrected chi connectivity index (χ1v) is 5.76. The number of benzene rings is 1. The van der Waals surface area contributed by atoms with Crippen molar-refractivity contribution in [1.82, 2.24) is 19.5 Å². The normalized spacial score (nSPS) is 10.8. The summed E-state index contributed by atoms with van der Waals surface area (Å²) in [7, 11) is 1.91. The van der Waals surface area contributed by atoms with Crippen LogP contribution in [0.4, 0.5) is 11.5 Å². The molecule has 0 unspecified atom stereocenters. The van der Waals surface area contributed by atoms with Crippen LogP contribution in [0.1, 0.15) is 0 Å². The van der Waals surface area contributed by atoms with Crippen molar-refractivity contribution in [3.63, 3.8) is 0 Å². The van der Waals surface area contributed by atoms with Gasteiger partial charge in [0.1, 0.15) is 11.8 Å². The Bertz CT molecular complexity index is 689. The van der Waals surface area contributed by atoms with E-state index in [-0.39, 0.29) is 0 Å². The molecule has 3 aromatic rings. The highest BCUT2D eigenvalue weighted by Crippen LogP contribution is 2.22. The molecule has 5 nitrogen and oxygen atoms in total. The molecule has 0 radical (unpaired) electrons. The van der Waals surface area contributed by atoms with Crippen LogP contribution in [-0.4, -0.2) is 19.5 Å². The molecule has 0 atom stereocenters. The van der Waals surface area contributed by atoms with Gasteiger partial charge in [0.15, 0.2) is 11.5 Å². The fourth-order valence-electron chi connectivity index (χ4n) is 1.75. The molecule has 0 spiro atoms. The Morgan fingerprint density at radius 3 is 2.67 bits per heavy atom. The number of halogens is 1. The number of hydrogen-bond donors (Lipinski definition) is 1. The quantitative estimate of drug-likeness (QED) is 0.769. The molecule has 3 rings (SSSR count). The summed E-state index contributed by atoms with van der Waals surface area (Å²) in [6, 6.07) is 7.44. The zero-order valence-electron chi connectivity index (χ0n) is 9.63. The summed E-state index contributed by atoms with van der Waals surface area (Å²) in [6.45, 7) is 0. The van der Waals surface area contributed by atoms with Gasteiger partial charge in [-0.25, -0.2) is 15.0 Å². The molecule has 18 heavy (non-hydrogen) atoms. The van der Waals surface area contributed by atoms with E-state index < -0.39 is 0 Å². The summed E-state index contributed by atoms with van der Waals surface area (Å²) in [6.07, 6.45) is 3.21. The zero-order chi connectivity index (χ0) is 12.5. The highest BCUT2D eigenvalue weighted by Gasteiger charge is 2.08. The van der Waals surface area contributed by atoms with Crippen molar-refractivity contribution < 1.29 is 0 Å². The van der Waals surface area contributed by atoms with Crippen LogP contribution < -0.4 is 5.32 Å².